The van der Waals surface area contributed by atoms with Crippen LogP contribution in [0.4, 0.5) is 0 Å². The molecule has 7 heteroatoms. The molecular formula is C17H21N3O4. The van der Waals surface area contributed by atoms with Crippen molar-refractivity contribution in [1.82, 2.24) is 14.4 Å². The van der Waals surface area contributed by atoms with E-state index in [-0.39, 0.29) is 28.6 Å². The third kappa shape index (κ3) is 2.26. The molecule has 0 amide bonds. The Morgan fingerprint density at radius 1 is 1.38 bits per heavy atom. The minimum atomic E-state index is -1.06. The average Bonchev–Trinajstić information content (AvgIpc) is 3.15. The van der Waals surface area contributed by atoms with E-state index in [9.17, 15) is 9.90 Å². The summed E-state index contributed by atoms with van der Waals surface area (Å²) in [5.41, 5.74) is 0.831. The molecule has 0 spiro atoms. The zero-order chi connectivity index (χ0) is 17.1. The normalized spacial score (nSPS) is 28.8. The van der Waals surface area contributed by atoms with E-state index in [1.165, 1.54) is 6.20 Å². The van der Waals surface area contributed by atoms with Gasteiger partial charge in [0.05, 0.1) is 24.0 Å². The smallest absolute Gasteiger partial charge is 0.342 e. The molecule has 2 fully saturated rings. The third-order valence-corrected chi connectivity index (χ3v) is 5.08. The van der Waals surface area contributed by atoms with Crippen LogP contribution in [0, 0.1) is 0 Å². The minimum absolute atomic E-state index is 0.0385. The summed E-state index contributed by atoms with van der Waals surface area (Å²) < 4.78 is 13.2. The quantitative estimate of drug-likeness (QED) is 0.926. The number of hydrogen-bond donors (Lipinski definition) is 1. The van der Waals surface area contributed by atoms with Crippen molar-refractivity contribution >= 4 is 11.7 Å². The summed E-state index contributed by atoms with van der Waals surface area (Å²) in [6.07, 6.45) is 6.26. The number of carboxylic acid groups (broad SMARTS) is 1. The molecule has 0 aromatic carbocycles. The lowest BCUT2D eigenvalue weighted by Gasteiger charge is -2.24. The zero-order valence-corrected chi connectivity index (χ0v) is 14.1. The fraction of sp³-hybridized carbons (Fsp3) is 0.588. The highest BCUT2D eigenvalue weighted by molar-refractivity contribution is 5.90. The van der Waals surface area contributed by atoms with Crippen LogP contribution in [0.15, 0.2) is 12.4 Å². The monoisotopic (exact) mass is 331 g/mol. The highest BCUT2D eigenvalue weighted by Crippen LogP contribution is 2.53. The molecule has 1 N–H and O–H groups in total. The van der Waals surface area contributed by atoms with Crippen molar-refractivity contribution < 1.29 is 19.4 Å². The van der Waals surface area contributed by atoms with Crippen LogP contribution in [0.25, 0.3) is 5.78 Å². The molecule has 1 saturated carbocycles. The Balaban J connectivity index is 1.80. The summed E-state index contributed by atoms with van der Waals surface area (Å²) in [6.45, 7) is 6.48. The SMILES string of the molecule is CC(C)Oc1nc2nc(C34CCC(C)(C3)OC4)cn2cc1C(=O)O. The maximum Gasteiger partial charge on any atom is 0.342 e. The lowest BCUT2D eigenvalue weighted by molar-refractivity contribution is -0.00627. The number of carboxylic acids is 1. The van der Waals surface area contributed by atoms with Crippen molar-refractivity contribution in [1.29, 1.82) is 0 Å². The van der Waals surface area contributed by atoms with Gasteiger partial charge in [-0.3, -0.25) is 4.40 Å². The van der Waals surface area contributed by atoms with Crippen LogP contribution in [-0.2, 0) is 10.2 Å². The van der Waals surface area contributed by atoms with E-state index in [2.05, 4.69) is 16.9 Å². The van der Waals surface area contributed by atoms with Gasteiger partial charge in [0.1, 0.15) is 5.56 Å². The number of hydrogen-bond acceptors (Lipinski definition) is 5. The molecule has 128 valence electrons. The largest absolute Gasteiger partial charge is 0.477 e. The Morgan fingerprint density at radius 2 is 2.17 bits per heavy atom. The first-order valence-corrected chi connectivity index (χ1v) is 8.24. The van der Waals surface area contributed by atoms with Crippen LogP contribution in [0.2, 0.25) is 0 Å². The maximum absolute atomic E-state index is 11.5. The van der Waals surface area contributed by atoms with Crippen LogP contribution in [0.5, 0.6) is 5.88 Å². The maximum atomic E-state index is 11.5. The summed E-state index contributed by atoms with van der Waals surface area (Å²) in [5, 5.41) is 9.42. The molecule has 1 aliphatic carbocycles. The number of carbonyl (C=O) groups is 1. The van der Waals surface area contributed by atoms with Gasteiger partial charge in [0.2, 0.25) is 11.7 Å². The predicted octanol–water partition coefficient (Wildman–Crippen LogP) is 2.43. The van der Waals surface area contributed by atoms with Crippen molar-refractivity contribution in [3.8, 4) is 5.88 Å². The molecule has 2 unspecified atom stereocenters. The molecule has 24 heavy (non-hydrogen) atoms. The summed E-state index contributed by atoms with van der Waals surface area (Å²) in [7, 11) is 0. The van der Waals surface area contributed by atoms with Crippen LogP contribution >= 0.6 is 0 Å². The Bertz CT molecular complexity index is 819. The number of imidazole rings is 1. The first kappa shape index (κ1) is 15.4. The Hall–Kier alpha value is -2.15. The Morgan fingerprint density at radius 3 is 2.71 bits per heavy atom. The van der Waals surface area contributed by atoms with E-state index in [4.69, 9.17) is 9.47 Å². The van der Waals surface area contributed by atoms with Crippen molar-refractivity contribution in [2.24, 2.45) is 0 Å². The number of aromatic carboxylic acids is 1. The van der Waals surface area contributed by atoms with Gasteiger partial charge in [0, 0.05) is 17.8 Å². The van der Waals surface area contributed by atoms with Crippen LogP contribution in [0.3, 0.4) is 0 Å². The van der Waals surface area contributed by atoms with Crippen molar-refractivity contribution in [3.63, 3.8) is 0 Å². The van der Waals surface area contributed by atoms with E-state index in [0.29, 0.717) is 12.4 Å². The second-order valence-electron chi connectivity index (χ2n) is 7.46. The molecule has 2 atom stereocenters. The fourth-order valence-electron chi connectivity index (χ4n) is 3.87. The number of nitrogens with zero attached hydrogens (tertiary/aromatic N) is 3. The van der Waals surface area contributed by atoms with E-state index in [1.807, 2.05) is 20.0 Å². The van der Waals surface area contributed by atoms with Gasteiger partial charge in [-0.1, -0.05) is 0 Å². The molecule has 2 aromatic heterocycles. The zero-order valence-electron chi connectivity index (χ0n) is 14.1. The Kier molecular flexibility index (Phi) is 3.16. The second-order valence-corrected chi connectivity index (χ2v) is 7.46. The van der Waals surface area contributed by atoms with Crippen molar-refractivity contribution in [2.75, 3.05) is 6.61 Å². The molecule has 1 saturated heterocycles. The van der Waals surface area contributed by atoms with Crippen LogP contribution < -0.4 is 4.74 Å². The van der Waals surface area contributed by atoms with Gasteiger partial charge >= 0.3 is 5.97 Å². The first-order valence-electron chi connectivity index (χ1n) is 8.24. The van der Waals surface area contributed by atoms with E-state index in [0.717, 1.165) is 25.0 Å². The van der Waals surface area contributed by atoms with E-state index in [1.54, 1.807) is 4.40 Å². The topological polar surface area (TPSA) is 86.0 Å². The van der Waals surface area contributed by atoms with Crippen LogP contribution in [0.1, 0.15) is 56.1 Å². The second kappa shape index (κ2) is 4.92. The number of aromatic nitrogens is 3. The molecular weight excluding hydrogens is 310 g/mol. The molecule has 0 radical (unpaired) electrons. The third-order valence-electron chi connectivity index (χ3n) is 5.08. The molecule has 3 heterocycles. The van der Waals surface area contributed by atoms with Gasteiger partial charge < -0.3 is 14.6 Å². The van der Waals surface area contributed by atoms with Crippen molar-refractivity contribution in [2.45, 2.75) is 57.2 Å². The minimum Gasteiger partial charge on any atom is -0.477 e. The first-order chi connectivity index (χ1) is 11.3. The highest BCUT2D eigenvalue weighted by Gasteiger charge is 2.55. The molecule has 2 aliphatic rings. The summed E-state index contributed by atoms with van der Waals surface area (Å²) in [6, 6.07) is 0. The van der Waals surface area contributed by atoms with Crippen molar-refractivity contribution in [3.05, 3.63) is 23.7 Å². The molecule has 1 aliphatic heterocycles. The summed E-state index contributed by atoms with van der Waals surface area (Å²) >= 11 is 0. The lowest BCUT2D eigenvalue weighted by Crippen LogP contribution is -2.26. The molecule has 4 rings (SSSR count). The van der Waals surface area contributed by atoms with Gasteiger partial charge in [-0.25, -0.2) is 9.78 Å². The number of fused-ring (bicyclic) bond motifs is 3. The van der Waals surface area contributed by atoms with Gasteiger partial charge in [0.25, 0.3) is 0 Å². The van der Waals surface area contributed by atoms with Crippen LogP contribution in [-0.4, -0.2) is 43.8 Å². The van der Waals surface area contributed by atoms with Gasteiger partial charge in [0.15, 0.2) is 0 Å². The van der Waals surface area contributed by atoms with Gasteiger partial charge in [-0.05, 0) is 40.0 Å². The lowest BCUT2D eigenvalue weighted by atomic mass is 9.84. The standard InChI is InChI=1S/C17H21N3O4/c1-10(2)24-13-11(14(21)22)6-20-7-12(18-15(20)19-13)17-5-4-16(3,8-17)23-9-17/h6-7,10H,4-5,8-9H2,1-3H3,(H,21,22). The number of ether oxygens (including phenoxy) is 2. The summed E-state index contributed by atoms with van der Waals surface area (Å²) in [5.74, 6) is -0.495. The van der Waals surface area contributed by atoms with E-state index < -0.39 is 5.97 Å². The van der Waals surface area contributed by atoms with Gasteiger partial charge in [-0.15, -0.1) is 0 Å². The Labute approximate surface area is 139 Å². The highest BCUT2D eigenvalue weighted by atomic mass is 16.5. The molecule has 2 bridgehead atoms. The predicted molar refractivity (Wildman–Crippen MR) is 85.6 cm³/mol. The number of rotatable bonds is 4. The average molecular weight is 331 g/mol. The van der Waals surface area contributed by atoms with Gasteiger partial charge in [-0.2, -0.15) is 4.98 Å². The van der Waals surface area contributed by atoms with E-state index >= 15 is 0 Å². The summed E-state index contributed by atoms with van der Waals surface area (Å²) in [4.78, 5) is 20.5. The molecule has 7 nitrogen and oxygen atoms in total. The molecule has 2 aromatic rings. The fourth-order valence-corrected chi connectivity index (χ4v) is 3.87.